The van der Waals surface area contributed by atoms with Crippen LogP contribution in [-0.2, 0) is 26.2 Å². The first-order chi connectivity index (χ1) is 18.4. The fourth-order valence-electron chi connectivity index (χ4n) is 3.91. The van der Waals surface area contributed by atoms with Crippen LogP contribution in [0.2, 0.25) is 10.0 Å². The van der Waals surface area contributed by atoms with E-state index >= 15 is 0 Å². The van der Waals surface area contributed by atoms with Gasteiger partial charge in [0.1, 0.15) is 12.6 Å². The minimum absolute atomic E-state index is 0.0345. The van der Waals surface area contributed by atoms with Crippen LogP contribution in [0.3, 0.4) is 0 Å². The maximum Gasteiger partial charge on any atom is 0.264 e. The fourth-order valence-corrected chi connectivity index (χ4v) is 5.63. The Kier molecular flexibility index (Phi) is 10.4. The highest BCUT2D eigenvalue weighted by Gasteiger charge is 2.33. The fraction of sp³-hybridized carbons (Fsp3) is 0.310. The van der Waals surface area contributed by atoms with Crippen molar-refractivity contribution in [3.05, 3.63) is 94.0 Å². The molecule has 1 N–H and O–H groups in total. The van der Waals surface area contributed by atoms with Crippen LogP contribution in [0.25, 0.3) is 0 Å². The average molecular weight is 591 g/mol. The lowest BCUT2D eigenvalue weighted by Crippen LogP contribution is -2.52. The third-order valence-corrected chi connectivity index (χ3v) is 8.82. The van der Waals surface area contributed by atoms with E-state index in [2.05, 4.69) is 5.32 Å². The molecule has 0 saturated heterocycles. The van der Waals surface area contributed by atoms with Crippen LogP contribution in [0.5, 0.6) is 0 Å². The zero-order chi connectivity index (χ0) is 28.7. The number of amides is 2. The summed E-state index contributed by atoms with van der Waals surface area (Å²) in [5, 5.41) is 3.62. The standard InChI is InChI=1S/C29H33Cl2N3O4S/c1-5-21(3)32-29(36)22(4)33(18-23-10-7-6-9-20(23)2)28(35)19-34(26-12-8-11-25(31)17-26)39(37,38)27-15-13-24(30)14-16-27/h6-17,21-22H,5,18-19H2,1-4H3,(H,32,36)/t21-,22-/m1/s1. The van der Waals surface area contributed by atoms with E-state index in [0.29, 0.717) is 10.0 Å². The van der Waals surface area contributed by atoms with Gasteiger partial charge < -0.3 is 10.2 Å². The molecule has 0 spiro atoms. The van der Waals surface area contributed by atoms with Gasteiger partial charge in [-0.25, -0.2) is 8.42 Å². The quantitative estimate of drug-likeness (QED) is 0.305. The number of nitrogens with zero attached hydrogens (tertiary/aromatic N) is 2. The molecule has 2 amide bonds. The van der Waals surface area contributed by atoms with Gasteiger partial charge in [-0.05, 0) is 80.8 Å². The number of benzene rings is 3. The van der Waals surface area contributed by atoms with Crippen LogP contribution in [0.15, 0.2) is 77.7 Å². The van der Waals surface area contributed by atoms with Crippen LogP contribution < -0.4 is 9.62 Å². The predicted molar refractivity (Wildman–Crippen MR) is 157 cm³/mol. The molecular formula is C29H33Cl2N3O4S. The van der Waals surface area contributed by atoms with Gasteiger partial charge in [0.15, 0.2) is 0 Å². The molecule has 2 atom stereocenters. The van der Waals surface area contributed by atoms with Crippen LogP contribution in [0, 0.1) is 6.92 Å². The van der Waals surface area contributed by atoms with Gasteiger partial charge in [0.25, 0.3) is 10.0 Å². The lowest BCUT2D eigenvalue weighted by molar-refractivity contribution is -0.139. The Morgan fingerprint density at radius 2 is 1.59 bits per heavy atom. The van der Waals surface area contributed by atoms with Gasteiger partial charge in [0.2, 0.25) is 11.8 Å². The summed E-state index contributed by atoms with van der Waals surface area (Å²) in [6.07, 6.45) is 0.728. The van der Waals surface area contributed by atoms with Gasteiger partial charge in [0.05, 0.1) is 10.6 Å². The zero-order valence-corrected chi connectivity index (χ0v) is 24.7. The molecule has 0 fully saturated rings. The lowest BCUT2D eigenvalue weighted by Gasteiger charge is -2.32. The van der Waals surface area contributed by atoms with Gasteiger partial charge >= 0.3 is 0 Å². The first-order valence-corrected chi connectivity index (χ1v) is 14.8. The second kappa shape index (κ2) is 13.3. The molecule has 3 aromatic carbocycles. The highest BCUT2D eigenvalue weighted by molar-refractivity contribution is 7.92. The summed E-state index contributed by atoms with van der Waals surface area (Å²) in [6.45, 7) is 6.99. The van der Waals surface area contributed by atoms with Crippen molar-refractivity contribution >= 4 is 50.7 Å². The van der Waals surface area contributed by atoms with E-state index < -0.39 is 28.5 Å². The summed E-state index contributed by atoms with van der Waals surface area (Å²) >= 11 is 12.2. The first kappa shape index (κ1) is 30.5. The predicted octanol–water partition coefficient (Wildman–Crippen LogP) is 5.83. The minimum Gasteiger partial charge on any atom is -0.352 e. The summed E-state index contributed by atoms with van der Waals surface area (Å²) in [7, 11) is -4.20. The summed E-state index contributed by atoms with van der Waals surface area (Å²) < 4.78 is 28.6. The van der Waals surface area contributed by atoms with E-state index in [1.165, 1.54) is 35.2 Å². The summed E-state index contributed by atoms with van der Waals surface area (Å²) in [5.41, 5.74) is 2.02. The number of halogens is 2. The van der Waals surface area contributed by atoms with E-state index in [4.69, 9.17) is 23.2 Å². The lowest BCUT2D eigenvalue weighted by atomic mass is 10.1. The Morgan fingerprint density at radius 3 is 2.21 bits per heavy atom. The van der Waals surface area contributed by atoms with Crippen molar-refractivity contribution in [3.63, 3.8) is 0 Å². The highest BCUT2D eigenvalue weighted by Crippen LogP contribution is 2.27. The zero-order valence-electron chi connectivity index (χ0n) is 22.4. The SMILES string of the molecule is CC[C@@H](C)NC(=O)[C@@H](C)N(Cc1ccccc1C)C(=O)CN(c1cccc(Cl)c1)S(=O)(=O)c1ccc(Cl)cc1. The normalized spacial score (nSPS) is 12.9. The number of hydrogen-bond donors (Lipinski definition) is 1. The van der Waals surface area contributed by atoms with E-state index in [9.17, 15) is 18.0 Å². The van der Waals surface area contributed by atoms with E-state index in [1.807, 2.05) is 45.0 Å². The molecule has 0 unspecified atom stereocenters. The molecule has 3 aromatic rings. The number of carbonyl (C=O) groups is 2. The van der Waals surface area contributed by atoms with Crippen molar-refractivity contribution in [2.75, 3.05) is 10.8 Å². The Labute approximate surface area is 240 Å². The Hall–Kier alpha value is -3.07. The molecule has 3 rings (SSSR count). The summed E-state index contributed by atoms with van der Waals surface area (Å²) in [6, 6.07) is 18.6. The number of nitrogens with one attached hydrogen (secondary N) is 1. The van der Waals surface area contributed by atoms with Crippen molar-refractivity contribution in [1.29, 1.82) is 0 Å². The van der Waals surface area contributed by atoms with Gasteiger partial charge in [-0.1, -0.05) is 60.5 Å². The first-order valence-electron chi connectivity index (χ1n) is 12.6. The molecule has 0 heterocycles. The number of hydrogen-bond acceptors (Lipinski definition) is 4. The third kappa shape index (κ3) is 7.75. The summed E-state index contributed by atoms with van der Waals surface area (Å²) in [5.74, 6) is -0.858. The molecule has 0 aliphatic rings. The van der Waals surface area contributed by atoms with Crippen molar-refractivity contribution in [1.82, 2.24) is 10.2 Å². The molecule has 208 valence electrons. The molecule has 0 bridgehead atoms. The smallest absolute Gasteiger partial charge is 0.264 e. The monoisotopic (exact) mass is 589 g/mol. The number of carbonyl (C=O) groups excluding carboxylic acids is 2. The molecule has 0 aliphatic carbocycles. The molecule has 0 radical (unpaired) electrons. The number of aryl methyl sites for hydroxylation is 1. The maximum atomic E-state index is 13.9. The maximum absolute atomic E-state index is 13.9. The Bertz CT molecular complexity index is 1410. The van der Waals surface area contributed by atoms with Gasteiger partial charge in [-0.15, -0.1) is 0 Å². The minimum atomic E-state index is -4.20. The van der Waals surface area contributed by atoms with E-state index in [-0.39, 0.29) is 29.1 Å². The largest absolute Gasteiger partial charge is 0.352 e. The van der Waals surface area contributed by atoms with Gasteiger partial charge in [-0.3, -0.25) is 13.9 Å². The topological polar surface area (TPSA) is 86.8 Å². The van der Waals surface area contributed by atoms with Crippen LogP contribution in [-0.4, -0.2) is 43.8 Å². The number of anilines is 1. The third-order valence-electron chi connectivity index (χ3n) is 6.55. The molecular weight excluding hydrogens is 557 g/mol. The highest BCUT2D eigenvalue weighted by atomic mass is 35.5. The van der Waals surface area contributed by atoms with Crippen LogP contribution >= 0.6 is 23.2 Å². The van der Waals surface area contributed by atoms with Crippen LogP contribution in [0.1, 0.15) is 38.3 Å². The van der Waals surface area contributed by atoms with Crippen molar-refractivity contribution < 1.29 is 18.0 Å². The van der Waals surface area contributed by atoms with Crippen LogP contribution in [0.4, 0.5) is 5.69 Å². The number of rotatable bonds is 11. The van der Waals surface area contributed by atoms with Gasteiger partial charge in [-0.2, -0.15) is 0 Å². The molecule has 39 heavy (non-hydrogen) atoms. The molecule has 0 saturated carbocycles. The molecule has 0 aliphatic heterocycles. The molecule has 7 nitrogen and oxygen atoms in total. The Balaban J connectivity index is 2.04. The van der Waals surface area contributed by atoms with Crippen molar-refractivity contribution in [2.45, 2.75) is 57.6 Å². The van der Waals surface area contributed by atoms with Crippen molar-refractivity contribution in [3.8, 4) is 0 Å². The van der Waals surface area contributed by atoms with E-state index in [1.54, 1.807) is 25.1 Å². The van der Waals surface area contributed by atoms with E-state index in [0.717, 1.165) is 21.9 Å². The molecule has 0 aromatic heterocycles. The second-order valence-electron chi connectivity index (χ2n) is 9.39. The summed E-state index contributed by atoms with van der Waals surface area (Å²) in [4.78, 5) is 28.4. The average Bonchev–Trinajstić information content (AvgIpc) is 2.90. The second-order valence-corrected chi connectivity index (χ2v) is 12.1. The number of sulfonamides is 1. The molecule has 10 heteroatoms. The Morgan fingerprint density at radius 1 is 0.923 bits per heavy atom. The van der Waals surface area contributed by atoms with Crippen molar-refractivity contribution in [2.24, 2.45) is 0 Å². The van der Waals surface area contributed by atoms with Gasteiger partial charge in [0, 0.05) is 22.6 Å².